The van der Waals surface area contributed by atoms with Gasteiger partial charge in [-0.05, 0) is 42.0 Å². The number of nitrogens with two attached hydrogens (primary N) is 1. The fourth-order valence-electron chi connectivity index (χ4n) is 1.57. The highest BCUT2D eigenvalue weighted by atomic mass is 35.5. The van der Waals surface area contributed by atoms with Crippen LogP contribution in [0.4, 0.5) is 5.69 Å². The average Bonchev–Trinajstić information content (AvgIpc) is 2.38. The highest BCUT2D eigenvalue weighted by molar-refractivity contribution is 7.99. The molecule has 0 aliphatic heterocycles. The normalized spacial score (nSPS) is 12.3. The largest absolute Gasteiger partial charge is 0.399 e. The van der Waals surface area contributed by atoms with Crippen molar-refractivity contribution in [2.45, 2.75) is 11.0 Å². The van der Waals surface area contributed by atoms with Crippen LogP contribution in [0, 0.1) is 0 Å². The van der Waals surface area contributed by atoms with Gasteiger partial charge in [-0.3, -0.25) is 0 Å². The molecule has 0 radical (unpaired) electrons. The van der Waals surface area contributed by atoms with Crippen LogP contribution in [-0.4, -0.2) is 10.9 Å². The van der Waals surface area contributed by atoms with Gasteiger partial charge in [0.05, 0.1) is 6.10 Å². The standard InChI is InChI=1S/C14H14ClNOS/c15-11-4-6-13(7-5-11)18-9-14(17)10-2-1-3-12(16)8-10/h1-8,14,17H,9,16H2. The van der Waals surface area contributed by atoms with Crippen molar-refractivity contribution in [3.05, 3.63) is 59.1 Å². The van der Waals surface area contributed by atoms with E-state index in [0.29, 0.717) is 11.4 Å². The molecule has 0 aliphatic rings. The van der Waals surface area contributed by atoms with E-state index in [4.69, 9.17) is 17.3 Å². The summed E-state index contributed by atoms with van der Waals surface area (Å²) >= 11 is 7.40. The highest BCUT2D eigenvalue weighted by Gasteiger charge is 2.08. The Morgan fingerprint density at radius 3 is 2.56 bits per heavy atom. The summed E-state index contributed by atoms with van der Waals surface area (Å²) in [6.07, 6.45) is -0.519. The molecule has 4 heteroatoms. The smallest absolute Gasteiger partial charge is 0.0884 e. The van der Waals surface area contributed by atoms with Crippen LogP contribution in [0.3, 0.4) is 0 Å². The molecule has 0 saturated carbocycles. The van der Waals surface area contributed by atoms with Crippen molar-refractivity contribution in [2.24, 2.45) is 0 Å². The van der Waals surface area contributed by atoms with E-state index in [1.165, 1.54) is 0 Å². The van der Waals surface area contributed by atoms with E-state index in [-0.39, 0.29) is 0 Å². The molecule has 0 bridgehead atoms. The third-order valence-corrected chi connectivity index (χ3v) is 3.86. The Labute approximate surface area is 116 Å². The number of anilines is 1. The summed E-state index contributed by atoms with van der Waals surface area (Å²) in [5.41, 5.74) is 7.20. The lowest BCUT2D eigenvalue weighted by atomic mass is 10.1. The van der Waals surface area contributed by atoms with Gasteiger partial charge in [-0.1, -0.05) is 23.7 Å². The van der Waals surface area contributed by atoms with Gasteiger partial charge in [-0.15, -0.1) is 11.8 Å². The van der Waals surface area contributed by atoms with Gasteiger partial charge in [0.25, 0.3) is 0 Å². The predicted molar refractivity (Wildman–Crippen MR) is 78.0 cm³/mol. The first-order valence-electron chi connectivity index (χ1n) is 5.57. The van der Waals surface area contributed by atoms with Crippen LogP contribution >= 0.6 is 23.4 Å². The zero-order valence-electron chi connectivity index (χ0n) is 9.71. The number of thioether (sulfide) groups is 1. The van der Waals surface area contributed by atoms with Gasteiger partial charge < -0.3 is 10.8 Å². The topological polar surface area (TPSA) is 46.2 Å². The second kappa shape index (κ2) is 6.14. The zero-order valence-corrected chi connectivity index (χ0v) is 11.3. The summed E-state index contributed by atoms with van der Waals surface area (Å²) in [7, 11) is 0. The van der Waals surface area contributed by atoms with E-state index < -0.39 is 6.10 Å². The molecule has 0 fully saturated rings. The van der Waals surface area contributed by atoms with Gasteiger partial charge >= 0.3 is 0 Å². The van der Waals surface area contributed by atoms with Gasteiger partial charge in [0.15, 0.2) is 0 Å². The van der Waals surface area contributed by atoms with E-state index in [1.807, 2.05) is 42.5 Å². The quantitative estimate of drug-likeness (QED) is 0.662. The molecule has 18 heavy (non-hydrogen) atoms. The first-order valence-corrected chi connectivity index (χ1v) is 6.93. The Hall–Kier alpha value is -1.16. The minimum atomic E-state index is -0.519. The molecule has 0 aliphatic carbocycles. The lowest BCUT2D eigenvalue weighted by molar-refractivity contribution is 0.204. The van der Waals surface area contributed by atoms with Crippen molar-refractivity contribution < 1.29 is 5.11 Å². The van der Waals surface area contributed by atoms with E-state index in [1.54, 1.807) is 17.8 Å². The minimum Gasteiger partial charge on any atom is -0.399 e. The van der Waals surface area contributed by atoms with Crippen molar-refractivity contribution in [3.63, 3.8) is 0 Å². The third kappa shape index (κ3) is 3.67. The van der Waals surface area contributed by atoms with Crippen molar-refractivity contribution in [2.75, 3.05) is 11.5 Å². The molecule has 1 unspecified atom stereocenters. The molecule has 0 aromatic heterocycles. The van der Waals surface area contributed by atoms with Gasteiger partial charge in [-0.2, -0.15) is 0 Å². The summed E-state index contributed by atoms with van der Waals surface area (Å²) in [4.78, 5) is 1.09. The Bertz CT molecular complexity index is 515. The molecule has 2 rings (SSSR count). The van der Waals surface area contributed by atoms with E-state index >= 15 is 0 Å². The minimum absolute atomic E-state index is 0.519. The summed E-state index contributed by atoms with van der Waals surface area (Å²) in [5.74, 6) is 0.588. The molecule has 2 aromatic rings. The van der Waals surface area contributed by atoms with Gasteiger partial charge in [0.1, 0.15) is 0 Å². The third-order valence-electron chi connectivity index (χ3n) is 2.52. The van der Waals surface area contributed by atoms with Gasteiger partial charge in [-0.25, -0.2) is 0 Å². The molecule has 0 heterocycles. The molecule has 1 atom stereocenters. The maximum atomic E-state index is 10.1. The summed E-state index contributed by atoms with van der Waals surface area (Å²) < 4.78 is 0. The van der Waals surface area contributed by atoms with Crippen LogP contribution in [0.5, 0.6) is 0 Å². The van der Waals surface area contributed by atoms with Crippen LogP contribution in [-0.2, 0) is 0 Å². The SMILES string of the molecule is Nc1cccc(C(O)CSc2ccc(Cl)cc2)c1. The van der Waals surface area contributed by atoms with Crippen molar-refractivity contribution in [1.29, 1.82) is 0 Å². The zero-order chi connectivity index (χ0) is 13.0. The molecule has 0 spiro atoms. The number of rotatable bonds is 4. The Morgan fingerprint density at radius 1 is 1.17 bits per heavy atom. The first kappa shape index (κ1) is 13.3. The van der Waals surface area contributed by atoms with Crippen LogP contribution in [0.2, 0.25) is 5.02 Å². The van der Waals surface area contributed by atoms with E-state index in [9.17, 15) is 5.11 Å². The number of aliphatic hydroxyl groups is 1. The summed E-state index contributed by atoms with van der Waals surface area (Å²) in [6, 6.07) is 14.9. The second-order valence-corrected chi connectivity index (χ2v) is 5.48. The Balaban J connectivity index is 1.96. The Morgan fingerprint density at radius 2 is 1.89 bits per heavy atom. The fraction of sp³-hybridized carbons (Fsp3) is 0.143. The number of nitrogen functional groups attached to an aromatic ring is 1. The monoisotopic (exact) mass is 279 g/mol. The number of aliphatic hydroxyl groups excluding tert-OH is 1. The maximum absolute atomic E-state index is 10.1. The van der Waals surface area contributed by atoms with Crippen LogP contribution in [0.15, 0.2) is 53.4 Å². The van der Waals surface area contributed by atoms with Crippen molar-refractivity contribution >= 4 is 29.1 Å². The molecule has 3 N–H and O–H groups in total. The lowest BCUT2D eigenvalue weighted by Gasteiger charge is -2.11. The second-order valence-electron chi connectivity index (χ2n) is 3.95. The summed E-state index contributed by atoms with van der Waals surface area (Å²) in [5, 5.41) is 10.8. The number of halogens is 1. The first-order chi connectivity index (χ1) is 8.65. The number of hydrogen-bond acceptors (Lipinski definition) is 3. The molecule has 2 nitrogen and oxygen atoms in total. The fourth-order valence-corrected chi connectivity index (χ4v) is 2.57. The van der Waals surface area contributed by atoms with Crippen LogP contribution in [0.25, 0.3) is 0 Å². The molecule has 0 amide bonds. The highest BCUT2D eigenvalue weighted by Crippen LogP contribution is 2.26. The van der Waals surface area contributed by atoms with E-state index in [2.05, 4.69) is 0 Å². The summed E-state index contributed by atoms with van der Waals surface area (Å²) in [6.45, 7) is 0. The Kier molecular flexibility index (Phi) is 4.53. The molecule has 0 saturated heterocycles. The van der Waals surface area contributed by atoms with Crippen LogP contribution < -0.4 is 5.73 Å². The van der Waals surface area contributed by atoms with Crippen LogP contribution in [0.1, 0.15) is 11.7 Å². The van der Waals surface area contributed by atoms with E-state index in [0.717, 1.165) is 15.5 Å². The van der Waals surface area contributed by atoms with Crippen molar-refractivity contribution in [1.82, 2.24) is 0 Å². The number of benzene rings is 2. The van der Waals surface area contributed by atoms with Gasteiger partial charge in [0, 0.05) is 21.4 Å². The molecule has 94 valence electrons. The maximum Gasteiger partial charge on any atom is 0.0884 e. The number of hydrogen-bond donors (Lipinski definition) is 2. The average molecular weight is 280 g/mol. The molecular formula is C14H14ClNOS. The lowest BCUT2D eigenvalue weighted by Crippen LogP contribution is -2.01. The molecule has 2 aromatic carbocycles. The van der Waals surface area contributed by atoms with Crippen molar-refractivity contribution in [3.8, 4) is 0 Å². The predicted octanol–water partition coefficient (Wildman–Crippen LogP) is 3.75. The molecular weight excluding hydrogens is 266 g/mol. The van der Waals surface area contributed by atoms with Gasteiger partial charge in [0.2, 0.25) is 0 Å².